The molecule has 1 amide bonds. The second kappa shape index (κ2) is 6.12. The molecule has 2 nitrogen and oxygen atoms in total. The van der Waals surface area contributed by atoms with Gasteiger partial charge in [-0.05, 0) is 61.8 Å². The van der Waals surface area contributed by atoms with Crippen molar-refractivity contribution in [3.8, 4) is 0 Å². The molecule has 1 aromatic carbocycles. The number of fused-ring (bicyclic) bond motifs is 1. The molecule has 0 spiro atoms. The Morgan fingerprint density at radius 1 is 1.19 bits per heavy atom. The minimum Gasteiger partial charge on any atom is -0.335 e. The topological polar surface area (TPSA) is 20.3 Å². The Labute approximate surface area is 136 Å². The third-order valence-corrected chi connectivity index (χ3v) is 5.75. The van der Waals surface area contributed by atoms with E-state index >= 15 is 0 Å². The fourth-order valence-corrected chi connectivity index (χ4v) is 4.80. The van der Waals surface area contributed by atoms with E-state index in [2.05, 4.69) is 33.8 Å². The van der Waals surface area contributed by atoms with Gasteiger partial charge in [-0.25, -0.2) is 0 Å². The summed E-state index contributed by atoms with van der Waals surface area (Å²) in [6.07, 6.45) is 6.25. The van der Waals surface area contributed by atoms with Crippen molar-refractivity contribution in [1.82, 2.24) is 4.90 Å². The Balaban J connectivity index is 1.86. The summed E-state index contributed by atoms with van der Waals surface area (Å²) < 4.78 is 0.997. The number of carbonyl (C=O) groups is 1. The van der Waals surface area contributed by atoms with Gasteiger partial charge in [0.1, 0.15) is 0 Å². The van der Waals surface area contributed by atoms with Gasteiger partial charge < -0.3 is 4.90 Å². The Kier molecular flexibility index (Phi) is 4.39. The smallest absolute Gasteiger partial charge is 0.254 e. The quantitative estimate of drug-likeness (QED) is 0.713. The van der Waals surface area contributed by atoms with Crippen molar-refractivity contribution in [2.45, 2.75) is 52.0 Å². The molecule has 1 aliphatic heterocycles. The molecule has 1 aliphatic carbocycles. The van der Waals surface area contributed by atoms with Crippen LogP contribution in [0.15, 0.2) is 22.7 Å². The number of nitrogens with zero attached hydrogens (tertiary/aromatic N) is 1. The Hall–Kier alpha value is -0.830. The minimum absolute atomic E-state index is 0.225. The van der Waals surface area contributed by atoms with Crippen LogP contribution in [0.3, 0.4) is 0 Å². The van der Waals surface area contributed by atoms with Crippen LogP contribution in [0.5, 0.6) is 0 Å². The summed E-state index contributed by atoms with van der Waals surface area (Å²) in [4.78, 5) is 15.1. The molecule has 21 heavy (non-hydrogen) atoms. The van der Waals surface area contributed by atoms with Crippen LogP contribution < -0.4 is 0 Å². The van der Waals surface area contributed by atoms with Gasteiger partial charge in [0.25, 0.3) is 5.91 Å². The number of halogens is 1. The lowest BCUT2D eigenvalue weighted by Gasteiger charge is -2.47. The minimum atomic E-state index is 0.225. The van der Waals surface area contributed by atoms with E-state index < -0.39 is 0 Å². The number of aryl methyl sites for hydroxylation is 1. The Bertz CT molecular complexity index is 522. The number of piperidine rings is 1. The van der Waals surface area contributed by atoms with E-state index in [1.807, 2.05) is 19.1 Å². The molecule has 0 bridgehead atoms. The van der Waals surface area contributed by atoms with Crippen molar-refractivity contribution in [1.29, 1.82) is 0 Å². The van der Waals surface area contributed by atoms with E-state index in [1.54, 1.807) is 0 Å². The summed E-state index contributed by atoms with van der Waals surface area (Å²) in [6.45, 7) is 5.34. The zero-order chi connectivity index (χ0) is 15.0. The third-order valence-electron chi connectivity index (χ3n) is 5.29. The van der Waals surface area contributed by atoms with Crippen LogP contribution in [0.1, 0.15) is 54.9 Å². The molecule has 1 heterocycles. The lowest BCUT2D eigenvalue weighted by Crippen LogP contribution is -2.52. The lowest BCUT2D eigenvalue weighted by atomic mass is 9.72. The van der Waals surface area contributed by atoms with Gasteiger partial charge in [-0.3, -0.25) is 4.79 Å². The maximum Gasteiger partial charge on any atom is 0.254 e. The number of carbonyl (C=O) groups excluding carboxylic acids is 1. The maximum atomic E-state index is 13.0. The second-order valence-electron chi connectivity index (χ2n) is 6.80. The highest BCUT2D eigenvalue weighted by molar-refractivity contribution is 9.10. The predicted octanol–water partition coefficient (Wildman–Crippen LogP) is 4.80. The summed E-state index contributed by atoms with van der Waals surface area (Å²) in [7, 11) is 0. The van der Waals surface area contributed by atoms with Gasteiger partial charge in [-0.2, -0.15) is 0 Å². The van der Waals surface area contributed by atoms with Crippen molar-refractivity contribution >= 4 is 21.8 Å². The zero-order valence-corrected chi connectivity index (χ0v) is 14.5. The average molecular weight is 350 g/mol. The van der Waals surface area contributed by atoms with E-state index in [9.17, 15) is 4.79 Å². The van der Waals surface area contributed by atoms with E-state index in [-0.39, 0.29) is 5.91 Å². The van der Waals surface area contributed by atoms with E-state index in [0.29, 0.717) is 12.0 Å². The summed E-state index contributed by atoms with van der Waals surface area (Å²) >= 11 is 3.51. The molecular formula is C18H24BrNO. The molecule has 1 aromatic rings. The number of rotatable bonds is 1. The average Bonchev–Trinajstić information content (AvgIpc) is 2.46. The molecule has 3 rings (SSSR count). The molecule has 3 unspecified atom stereocenters. The van der Waals surface area contributed by atoms with Crippen LogP contribution in [0.2, 0.25) is 0 Å². The highest BCUT2D eigenvalue weighted by atomic mass is 79.9. The molecule has 114 valence electrons. The van der Waals surface area contributed by atoms with Crippen LogP contribution in [0, 0.1) is 18.8 Å². The van der Waals surface area contributed by atoms with E-state index in [0.717, 1.165) is 34.5 Å². The maximum absolute atomic E-state index is 13.0. The fourth-order valence-electron chi connectivity index (χ4n) is 4.19. The largest absolute Gasteiger partial charge is 0.335 e. The van der Waals surface area contributed by atoms with Crippen LogP contribution in [0.25, 0.3) is 0 Å². The number of amides is 1. The third kappa shape index (κ3) is 3.03. The van der Waals surface area contributed by atoms with Gasteiger partial charge >= 0.3 is 0 Å². The summed E-state index contributed by atoms with van der Waals surface area (Å²) in [5.74, 6) is 1.71. The van der Waals surface area contributed by atoms with Crippen molar-refractivity contribution in [2.75, 3.05) is 6.54 Å². The fraction of sp³-hybridized carbons (Fsp3) is 0.611. The monoisotopic (exact) mass is 349 g/mol. The summed E-state index contributed by atoms with van der Waals surface area (Å²) in [6, 6.07) is 6.50. The van der Waals surface area contributed by atoms with Crippen LogP contribution in [-0.2, 0) is 0 Å². The first-order valence-electron chi connectivity index (χ1n) is 8.14. The highest BCUT2D eigenvalue weighted by Gasteiger charge is 2.39. The molecule has 0 radical (unpaired) electrons. The number of likely N-dealkylation sites (tertiary alicyclic amines) is 1. The number of hydrogen-bond acceptors (Lipinski definition) is 1. The van der Waals surface area contributed by atoms with Crippen molar-refractivity contribution in [3.05, 3.63) is 33.8 Å². The first-order valence-corrected chi connectivity index (χ1v) is 8.93. The van der Waals surface area contributed by atoms with Gasteiger partial charge in [0, 0.05) is 22.6 Å². The molecule has 1 saturated heterocycles. The first-order chi connectivity index (χ1) is 10.1. The van der Waals surface area contributed by atoms with Crippen molar-refractivity contribution in [2.24, 2.45) is 11.8 Å². The van der Waals surface area contributed by atoms with Gasteiger partial charge in [0.05, 0.1) is 0 Å². The SMILES string of the molecule is Cc1cc(Br)cc(C(=O)N2CCC(C)C3CCCCC32)c1. The molecule has 3 atom stereocenters. The van der Waals surface area contributed by atoms with Crippen molar-refractivity contribution in [3.63, 3.8) is 0 Å². The van der Waals surface area contributed by atoms with Gasteiger partial charge in [-0.1, -0.05) is 35.7 Å². The number of hydrogen-bond donors (Lipinski definition) is 0. The van der Waals surface area contributed by atoms with E-state index in [1.165, 1.54) is 25.7 Å². The molecule has 1 saturated carbocycles. The molecule has 2 aliphatic rings. The summed E-state index contributed by atoms with van der Waals surface area (Å²) in [5.41, 5.74) is 1.97. The Morgan fingerprint density at radius 3 is 2.71 bits per heavy atom. The molecule has 0 aromatic heterocycles. The highest BCUT2D eigenvalue weighted by Crippen LogP contribution is 2.39. The molecule has 0 N–H and O–H groups in total. The predicted molar refractivity (Wildman–Crippen MR) is 89.4 cm³/mol. The molecule has 3 heteroatoms. The normalized spacial score (nSPS) is 29.1. The standard InChI is InChI=1S/C18H24BrNO/c1-12-9-14(11-15(19)10-12)18(21)20-8-7-13(2)16-5-3-4-6-17(16)20/h9-11,13,16-17H,3-8H2,1-2H3. The molecular weight excluding hydrogens is 326 g/mol. The Morgan fingerprint density at radius 2 is 1.95 bits per heavy atom. The zero-order valence-electron chi connectivity index (χ0n) is 12.9. The van der Waals surface area contributed by atoms with Gasteiger partial charge in [-0.15, -0.1) is 0 Å². The number of benzene rings is 1. The van der Waals surface area contributed by atoms with Crippen LogP contribution in [0.4, 0.5) is 0 Å². The molecule has 2 fully saturated rings. The van der Waals surface area contributed by atoms with E-state index in [4.69, 9.17) is 0 Å². The van der Waals surface area contributed by atoms with Gasteiger partial charge in [0.15, 0.2) is 0 Å². The van der Waals surface area contributed by atoms with Crippen molar-refractivity contribution < 1.29 is 4.79 Å². The first kappa shape index (κ1) is 15.1. The van der Waals surface area contributed by atoms with Crippen LogP contribution >= 0.6 is 15.9 Å². The second-order valence-corrected chi connectivity index (χ2v) is 7.71. The van der Waals surface area contributed by atoms with Crippen LogP contribution in [-0.4, -0.2) is 23.4 Å². The lowest BCUT2D eigenvalue weighted by molar-refractivity contribution is 0.0217. The van der Waals surface area contributed by atoms with Gasteiger partial charge in [0.2, 0.25) is 0 Å². The summed E-state index contributed by atoms with van der Waals surface area (Å²) in [5, 5.41) is 0.